The van der Waals surface area contributed by atoms with Gasteiger partial charge in [-0.05, 0) is 11.6 Å². The van der Waals surface area contributed by atoms with Crippen LogP contribution in [0.1, 0.15) is 17.9 Å². The lowest BCUT2D eigenvalue weighted by Gasteiger charge is -2.21. The molecule has 6 heteroatoms. The SMILES string of the molecule is O=C(O)CC1CN(C(=O)C2CSCN2)c2ccccc21. The number of thioether (sulfide) groups is 1. The molecule has 0 saturated carbocycles. The van der Waals surface area contributed by atoms with Crippen molar-refractivity contribution in [1.29, 1.82) is 0 Å². The normalized spacial score (nSPS) is 24.7. The van der Waals surface area contributed by atoms with Crippen LogP contribution in [0.3, 0.4) is 0 Å². The highest BCUT2D eigenvalue weighted by Gasteiger charge is 2.36. The van der Waals surface area contributed by atoms with Gasteiger partial charge in [0.15, 0.2) is 0 Å². The molecule has 2 unspecified atom stereocenters. The number of nitrogens with one attached hydrogen (secondary N) is 1. The third-order valence-corrected chi connectivity index (χ3v) is 4.71. The number of nitrogens with zero attached hydrogens (tertiary/aromatic N) is 1. The van der Waals surface area contributed by atoms with Crippen molar-refractivity contribution >= 4 is 29.3 Å². The molecule has 20 heavy (non-hydrogen) atoms. The van der Waals surface area contributed by atoms with E-state index in [1.807, 2.05) is 24.3 Å². The monoisotopic (exact) mass is 292 g/mol. The fraction of sp³-hybridized carbons (Fsp3) is 0.429. The van der Waals surface area contributed by atoms with Gasteiger partial charge in [-0.1, -0.05) is 18.2 Å². The Balaban J connectivity index is 1.86. The number of hydrogen-bond donors (Lipinski definition) is 2. The van der Waals surface area contributed by atoms with E-state index in [1.54, 1.807) is 16.7 Å². The van der Waals surface area contributed by atoms with Gasteiger partial charge in [-0.2, -0.15) is 0 Å². The number of carbonyl (C=O) groups excluding carboxylic acids is 1. The number of benzene rings is 1. The number of anilines is 1. The molecule has 2 atom stereocenters. The summed E-state index contributed by atoms with van der Waals surface area (Å²) in [7, 11) is 0. The van der Waals surface area contributed by atoms with Crippen LogP contribution in [-0.2, 0) is 9.59 Å². The first-order valence-electron chi connectivity index (χ1n) is 6.60. The van der Waals surface area contributed by atoms with Gasteiger partial charge in [0.1, 0.15) is 0 Å². The van der Waals surface area contributed by atoms with Crippen LogP contribution in [0.15, 0.2) is 24.3 Å². The standard InChI is InChI=1S/C14H16N2O3S/c17-13(18)5-9-6-16(12-4-2-1-3-10(9)12)14(19)11-7-20-8-15-11/h1-4,9,11,15H,5-8H2,(H,17,18). The Hall–Kier alpha value is -1.53. The Bertz CT molecular complexity index is 543. The van der Waals surface area contributed by atoms with Crippen molar-refractivity contribution in [2.45, 2.75) is 18.4 Å². The molecular weight excluding hydrogens is 276 g/mol. The second-order valence-electron chi connectivity index (χ2n) is 5.07. The lowest BCUT2D eigenvalue weighted by molar-refractivity contribution is -0.137. The van der Waals surface area contributed by atoms with Gasteiger partial charge in [-0.25, -0.2) is 0 Å². The van der Waals surface area contributed by atoms with Crippen molar-refractivity contribution in [2.24, 2.45) is 0 Å². The minimum atomic E-state index is -0.825. The summed E-state index contributed by atoms with van der Waals surface area (Å²) in [5.41, 5.74) is 1.83. The number of fused-ring (bicyclic) bond motifs is 1. The lowest BCUT2D eigenvalue weighted by Crippen LogP contribution is -2.44. The van der Waals surface area contributed by atoms with E-state index in [4.69, 9.17) is 5.11 Å². The molecule has 3 rings (SSSR count). The predicted octanol–water partition coefficient (Wildman–Crippen LogP) is 1.25. The summed E-state index contributed by atoms with van der Waals surface area (Å²) in [6.45, 7) is 0.466. The van der Waals surface area contributed by atoms with Gasteiger partial charge in [-0.3, -0.25) is 14.9 Å². The Morgan fingerprint density at radius 3 is 2.90 bits per heavy atom. The Morgan fingerprint density at radius 2 is 2.20 bits per heavy atom. The van der Waals surface area contributed by atoms with Gasteiger partial charge < -0.3 is 10.0 Å². The van der Waals surface area contributed by atoms with E-state index in [-0.39, 0.29) is 24.3 Å². The summed E-state index contributed by atoms with van der Waals surface area (Å²) in [6.07, 6.45) is 0.0631. The van der Waals surface area contributed by atoms with Crippen molar-refractivity contribution in [3.63, 3.8) is 0 Å². The first-order chi connectivity index (χ1) is 9.66. The second-order valence-corrected chi connectivity index (χ2v) is 6.10. The molecule has 1 amide bonds. The molecule has 1 aromatic carbocycles. The molecule has 0 spiro atoms. The smallest absolute Gasteiger partial charge is 0.304 e. The number of rotatable bonds is 3. The summed E-state index contributed by atoms with van der Waals surface area (Å²) in [5.74, 6) is 0.691. The highest BCUT2D eigenvalue weighted by Crippen LogP contribution is 2.38. The van der Waals surface area contributed by atoms with Crippen LogP contribution in [0.2, 0.25) is 0 Å². The van der Waals surface area contributed by atoms with E-state index >= 15 is 0 Å². The van der Waals surface area contributed by atoms with Gasteiger partial charge in [-0.15, -0.1) is 11.8 Å². The molecule has 0 bridgehead atoms. The molecule has 2 aliphatic rings. The third kappa shape index (κ3) is 2.41. The topological polar surface area (TPSA) is 69.6 Å². The summed E-state index contributed by atoms with van der Waals surface area (Å²) in [6, 6.07) is 7.45. The van der Waals surface area contributed by atoms with E-state index in [0.717, 1.165) is 22.9 Å². The minimum Gasteiger partial charge on any atom is -0.481 e. The molecular formula is C14H16N2O3S. The van der Waals surface area contributed by atoms with Crippen LogP contribution >= 0.6 is 11.8 Å². The average Bonchev–Trinajstić information content (AvgIpc) is 3.06. The zero-order valence-electron chi connectivity index (χ0n) is 10.9. The third-order valence-electron chi connectivity index (χ3n) is 3.77. The molecule has 106 valence electrons. The second kappa shape index (κ2) is 5.46. The highest BCUT2D eigenvalue weighted by molar-refractivity contribution is 7.99. The number of amides is 1. The number of para-hydroxylation sites is 1. The molecule has 0 radical (unpaired) electrons. The van der Waals surface area contributed by atoms with Crippen molar-refractivity contribution < 1.29 is 14.7 Å². The van der Waals surface area contributed by atoms with Gasteiger partial charge in [0, 0.05) is 29.8 Å². The molecule has 1 aromatic rings. The first-order valence-corrected chi connectivity index (χ1v) is 7.75. The first kappa shape index (κ1) is 13.5. The van der Waals surface area contributed by atoms with Gasteiger partial charge in [0.25, 0.3) is 0 Å². The van der Waals surface area contributed by atoms with Crippen LogP contribution in [-0.4, -0.2) is 41.2 Å². The van der Waals surface area contributed by atoms with E-state index in [1.165, 1.54) is 0 Å². The fourth-order valence-electron chi connectivity index (χ4n) is 2.83. The van der Waals surface area contributed by atoms with E-state index in [9.17, 15) is 9.59 Å². The molecule has 2 aliphatic heterocycles. The fourth-order valence-corrected chi connectivity index (χ4v) is 3.76. The summed E-state index contributed by atoms with van der Waals surface area (Å²) in [5, 5.41) is 12.2. The van der Waals surface area contributed by atoms with Crippen LogP contribution in [0.25, 0.3) is 0 Å². The van der Waals surface area contributed by atoms with E-state index in [2.05, 4.69) is 5.32 Å². The maximum atomic E-state index is 12.5. The molecule has 2 N–H and O–H groups in total. The van der Waals surface area contributed by atoms with E-state index in [0.29, 0.717) is 6.54 Å². The Morgan fingerprint density at radius 1 is 1.40 bits per heavy atom. The molecule has 1 fully saturated rings. The number of carboxylic acids is 1. The molecule has 5 nitrogen and oxygen atoms in total. The van der Waals surface area contributed by atoms with Gasteiger partial charge >= 0.3 is 5.97 Å². The maximum absolute atomic E-state index is 12.5. The van der Waals surface area contributed by atoms with E-state index < -0.39 is 5.97 Å². The van der Waals surface area contributed by atoms with Gasteiger partial charge in [0.05, 0.1) is 12.5 Å². The van der Waals surface area contributed by atoms with Crippen molar-refractivity contribution in [3.8, 4) is 0 Å². The van der Waals surface area contributed by atoms with Crippen molar-refractivity contribution in [1.82, 2.24) is 5.32 Å². The number of hydrogen-bond acceptors (Lipinski definition) is 4. The molecule has 2 heterocycles. The van der Waals surface area contributed by atoms with Crippen LogP contribution in [0.5, 0.6) is 0 Å². The number of carboxylic acid groups (broad SMARTS) is 1. The molecule has 0 aliphatic carbocycles. The Labute approximate surface area is 121 Å². The summed E-state index contributed by atoms with van der Waals surface area (Å²) < 4.78 is 0. The van der Waals surface area contributed by atoms with Crippen LogP contribution in [0, 0.1) is 0 Å². The van der Waals surface area contributed by atoms with Crippen LogP contribution < -0.4 is 10.2 Å². The largest absolute Gasteiger partial charge is 0.481 e. The minimum absolute atomic E-state index is 0.0512. The number of carbonyl (C=O) groups is 2. The van der Waals surface area contributed by atoms with Crippen LogP contribution in [0.4, 0.5) is 5.69 Å². The Kier molecular flexibility index (Phi) is 3.67. The predicted molar refractivity (Wildman–Crippen MR) is 78.0 cm³/mol. The number of aliphatic carboxylic acids is 1. The highest BCUT2D eigenvalue weighted by atomic mass is 32.2. The summed E-state index contributed by atoms with van der Waals surface area (Å²) in [4.78, 5) is 25.3. The maximum Gasteiger partial charge on any atom is 0.304 e. The zero-order valence-corrected chi connectivity index (χ0v) is 11.7. The quantitative estimate of drug-likeness (QED) is 0.877. The lowest BCUT2D eigenvalue weighted by atomic mass is 9.98. The summed E-state index contributed by atoms with van der Waals surface area (Å²) >= 11 is 1.71. The van der Waals surface area contributed by atoms with Crippen molar-refractivity contribution in [3.05, 3.63) is 29.8 Å². The zero-order chi connectivity index (χ0) is 14.1. The van der Waals surface area contributed by atoms with Gasteiger partial charge in [0.2, 0.25) is 5.91 Å². The van der Waals surface area contributed by atoms with Crippen molar-refractivity contribution in [2.75, 3.05) is 23.1 Å². The molecule has 1 saturated heterocycles. The average molecular weight is 292 g/mol. The molecule has 0 aromatic heterocycles.